The van der Waals surface area contributed by atoms with Gasteiger partial charge in [0.1, 0.15) is 6.61 Å². The third-order valence-electron chi connectivity index (χ3n) is 3.47. The van der Waals surface area contributed by atoms with Gasteiger partial charge in [-0.1, -0.05) is 44.2 Å². The van der Waals surface area contributed by atoms with Gasteiger partial charge in [0.2, 0.25) is 0 Å². The average Bonchev–Trinajstić information content (AvgIpc) is 3.11. The summed E-state index contributed by atoms with van der Waals surface area (Å²) in [4.78, 5) is 11.7. The second kappa shape index (κ2) is 9.52. The number of benzene rings is 2. The maximum atomic E-state index is 11.7. The van der Waals surface area contributed by atoms with Gasteiger partial charge in [-0.05, 0) is 36.2 Å². The summed E-state index contributed by atoms with van der Waals surface area (Å²) in [5.41, 5.74) is 2.61. The molecule has 4 heteroatoms. The molecule has 0 aliphatic rings. The van der Waals surface area contributed by atoms with E-state index in [9.17, 15) is 4.79 Å². The zero-order chi connectivity index (χ0) is 18.1. The number of rotatable bonds is 6. The zero-order valence-electron chi connectivity index (χ0n) is 15.0. The summed E-state index contributed by atoms with van der Waals surface area (Å²) in [5, 5.41) is 0.912. The Kier molecular flexibility index (Phi) is 7.08. The van der Waals surface area contributed by atoms with E-state index in [-0.39, 0.29) is 12.4 Å². The molecule has 132 valence electrons. The molecule has 0 atom stereocenters. The summed E-state index contributed by atoms with van der Waals surface area (Å²) in [6.07, 6.45) is 1.84. The lowest BCUT2D eigenvalue weighted by Gasteiger charge is -2.09. The van der Waals surface area contributed by atoms with Gasteiger partial charge in [-0.25, -0.2) is 0 Å². The largest absolute Gasteiger partial charge is 0.485 e. The van der Waals surface area contributed by atoms with Crippen molar-refractivity contribution in [3.63, 3.8) is 0 Å². The lowest BCUT2D eigenvalue weighted by Crippen LogP contribution is -2.07. The van der Waals surface area contributed by atoms with Crippen LogP contribution in [0.4, 0.5) is 0 Å². The van der Waals surface area contributed by atoms with Crippen LogP contribution in [0.5, 0.6) is 5.75 Å². The standard InChI is InChI=1S/C19H18O4.C2H6/c1-2-21-18(20)12-15-10-16-8-9-22-19(16)17(11-15)23-13-14-6-4-3-5-7-14;1-2/h3-11H,2,12-13H2,1H3;1-2H3. The van der Waals surface area contributed by atoms with E-state index < -0.39 is 0 Å². The van der Waals surface area contributed by atoms with Gasteiger partial charge in [0.25, 0.3) is 0 Å². The summed E-state index contributed by atoms with van der Waals surface area (Å²) in [6, 6.07) is 15.5. The molecule has 0 unspecified atom stereocenters. The Labute approximate surface area is 148 Å². The van der Waals surface area contributed by atoms with Crippen molar-refractivity contribution in [1.82, 2.24) is 0 Å². The van der Waals surface area contributed by atoms with Crippen LogP contribution in [0, 0.1) is 0 Å². The van der Waals surface area contributed by atoms with E-state index in [0.29, 0.717) is 24.5 Å². The van der Waals surface area contributed by atoms with Gasteiger partial charge >= 0.3 is 5.97 Å². The molecule has 0 spiro atoms. The lowest BCUT2D eigenvalue weighted by atomic mass is 10.1. The van der Waals surface area contributed by atoms with Crippen LogP contribution in [-0.4, -0.2) is 12.6 Å². The number of hydrogen-bond acceptors (Lipinski definition) is 4. The first-order valence-corrected chi connectivity index (χ1v) is 8.58. The summed E-state index contributed by atoms with van der Waals surface area (Å²) in [7, 11) is 0. The van der Waals surface area contributed by atoms with Crippen molar-refractivity contribution >= 4 is 16.9 Å². The smallest absolute Gasteiger partial charge is 0.310 e. The van der Waals surface area contributed by atoms with E-state index in [1.54, 1.807) is 13.2 Å². The Morgan fingerprint density at radius 3 is 2.52 bits per heavy atom. The van der Waals surface area contributed by atoms with E-state index in [1.165, 1.54) is 0 Å². The number of ether oxygens (including phenoxy) is 2. The van der Waals surface area contributed by atoms with Gasteiger partial charge in [-0.15, -0.1) is 0 Å². The van der Waals surface area contributed by atoms with E-state index >= 15 is 0 Å². The van der Waals surface area contributed by atoms with E-state index in [4.69, 9.17) is 13.9 Å². The first-order chi connectivity index (χ1) is 12.3. The Bertz CT molecular complexity index is 790. The maximum absolute atomic E-state index is 11.7. The highest BCUT2D eigenvalue weighted by atomic mass is 16.5. The molecule has 0 radical (unpaired) electrons. The van der Waals surface area contributed by atoms with Crippen LogP contribution in [0.15, 0.2) is 59.2 Å². The van der Waals surface area contributed by atoms with E-state index in [2.05, 4.69) is 0 Å². The van der Waals surface area contributed by atoms with Crippen LogP contribution in [0.1, 0.15) is 31.9 Å². The third kappa shape index (κ3) is 5.11. The Morgan fingerprint density at radius 1 is 1.04 bits per heavy atom. The van der Waals surface area contributed by atoms with E-state index in [0.717, 1.165) is 16.5 Å². The minimum absolute atomic E-state index is 0.219. The number of hydrogen-bond donors (Lipinski definition) is 0. The molecule has 2 aromatic carbocycles. The van der Waals surface area contributed by atoms with Crippen molar-refractivity contribution in [2.45, 2.75) is 33.8 Å². The maximum Gasteiger partial charge on any atom is 0.310 e. The molecule has 0 fully saturated rings. The van der Waals surface area contributed by atoms with Crippen molar-refractivity contribution in [3.8, 4) is 5.75 Å². The third-order valence-corrected chi connectivity index (χ3v) is 3.47. The molecule has 1 aromatic heterocycles. The molecule has 3 rings (SSSR count). The summed E-state index contributed by atoms with van der Waals surface area (Å²) in [6.45, 7) is 6.62. The van der Waals surface area contributed by atoms with Crippen LogP contribution < -0.4 is 4.74 Å². The molecule has 0 saturated carbocycles. The molecular formula is C21H24O4. The average molecular weight is 340 g/mol. The van der Waals surface area contributed by atoms with Gasteiger partial charge in [-0.2, -0.15) is 0 Å². The topological polar surface area (TPSA) is 48.7 Å². The molecule has 0 N–H and O–H groups in total. The zero-order valence-corrected chi connectivity index (χ0v) is 15.0. The van der Waals surface area contributed by atoms with Crippen molar-refractivity contribution in [2.24, 2.45) is 0 Å². The summed E-state index contributed by atoms with van der Waals surface area (Å²) >= 11 is 0. The van der Waals surface area contributed by atoms with Gasteiger partial charge in [0.05, 0.1) is 19.3 Å². The van der Waals surface area contributed by atoms with Crippen LogP contribution in [-0.2, 0) is 22.6 Å². The van der Waals surface area contributed by atoms with Crippen molar-refractivity contribution < 1.29 is 18.7 Å². The monoisotopic (exact) mass is 340 g/mol. The highest BCUT2D eigenvalue weighted by Gasteiger charge is 2.12. The first-order valence-electron chi connectivity index (χ1n) is 8.58. The molecule has 1 heterocycles. The molecule has 0 bridgehead atoms. The molecular weight excluding hydrogens is 316 g/mol. The second-order valence-corrected chi connectivity index (χ2v) is 5.19. The molecule has 0 saturated heterocycles. The van der Waals surface area contributed by atoms with Crippen LogP contribution in [0.2, 0.25) is 0 Å². The lowest BCUT2D eigenvalue weighted by molar-refractivity contribution is -0.142. The number of furan rings is 1. The van der Waals surface area contributed by atoms with Crippen LogP contribution >= 0.6 is 0 Å². The summed E-state index contributed by atoms with van der Waals surface area (Å²) < 4.78 is 16.4. The van der Waals surface area contributed by atoms with Gasteiger partial charge < -0.3 is 13.9 Å². The number of esters is 1. The fourth-order valence-corrected chi connectivity index (χ4v) is 2.43. The van der Waals surface area contributed by atoms with Gasteiger partial charge in [0, 0.05) is 5.39 Å². The van der Waals surface area contributed by atoms with Crippen molar-refractivity contribution in [2.75, 3.05) is 6.61 Å². The number of fused-ring (bicyclic) bond motifs is 1. The quantitative estimate of drug-likeness (QED) is 0.583. The van der Waals surface area contributed by atoms with Crippen LogP contribution in [0.3, 0.4) is 0 Å². The van der Waals surface area contributed by atoms with Gasteiger partial charge in [-0.3, -0.25) is 4.79 Å². The summed E-state index contributed by atoms with van der Waals surface area (Å²) in [5.74, 6) is 0.389. The highest BCUT2D eigenvalue weighted by molar-refractivity contribution is 5.85. The minimum atomic E-state index is -0.246. The van der Waals surface area contributed by atoms with Crippen molar-refractivity contribution in [1.29, 1.82) is 0 Å². The number of carbonyl (C=O) groups is 1. The number of carbonyl (C=O) groups excluding carboxylic acids is 1. The predicted molar refractivity (Wildman–Crippen MR) is 98.7 cm³/mol. The normalized spacial score (nSPS) is 10.0. The predicted octanol–water partition coefficient (Wildman–Crippen LogP) is 5.14. The van der Waals surface area contributed by atoms with Crippen molar-refractivity contribution in [3.05, 3.63) is 65.9 Å². The van der Waals surface area contributed by atoms with E-state index in [1.807, 2.05) is 62.4 Å². The molecule has 3 aromatic rings. The molecule has 0 amide bonds. The fraction of sp³-hybridized carbons (Fsp3) is 0.286. The SMILES string of the molecule is CC.CCOC(=O)Cc1cc(OCc2ccccc2)c2occc2c1. The Morgan fingerprint density at radius 2 is 1.80 bits per heavy atom. The fourth-order valence-electron chi connectivity index (χ4n) is 2.43. The second-order valence-electron chi connectivity index (χ2n) is 5.19. The first kappa shape index (κ1) is 18.6. The molecule has 25 heavy (non-hydrogen) atoms. The molecule has 0 aliphatic carbocycles. The highest BCUT2D eigenvalue weighted by Crippen LogP contribution is 2.29. The Hall–Kier alpha value is -2.75. The molecule has 0 aliphatic heterocycles. The van der Waals surface area contributed by atoms with Gasteiger partial charge in [0.15, 0.2) is 11.3 Å². The Balaban J connectivity index is 0.00000109. The molecule has 4 nitrogen and oxygen atoms in total. The van der Waals surface area contributed by atoms with Crippen LogP contribution in [0.25, 0.3) is 11.0 Å². The minimum Gasteiger partial charge on any atom is -0.485 e.